The van der Waals surface area contributed by atoms with Crippen LogP contribution in [-0.4, -0.2) is 49.0 Å². The second-order valence-corrected chi connectivity index (χ2v) is 3.35. The van der Waals surface area contributed by atoms with Gasteiger partial charge in [0.1, 0.15) is 5.92 Å². The van der Waals surface area contributed by atoms with Crippen LogP contribution in [0.3, 0.4) is 0 Å². The molecule has 1 saturated heterocycles. The van der Waals surface area contributed by atoms with Crippen molar-refractivity contribution in [2.24, 2.45) is 5.92 Å². The van der Waals surface area contributed by atoms with Crippen molar-refractivity contribution in [1.29, 1.82) is 0 Å². The average Bonchev–Trinajstić information content (AvgIpc) is 2.61. The lowest BCUT2D eigenvalue weighted by molar-refractivity contribution is -0.149. The fraction of sp³-hybridized carbons (Fsp3) is 0.700. The zero-order valence-corrected chi connectivity index (χ0v) is 9.39. The molecular formula is C10H15NO5. The predicted molar refractivity (Wildman–Crippen MR) is 53.7 cm³/mol. The SMILES string of the molecule is CCOC(=O)C1CN(C(=O)OCC)CC1=O. The smallest absolute Gasteiger partial charge is 0.410 e. The first-order valence-electron chi connectivity index (χ1n) is 5.21. The first-order chi connectivity index (χ1) is 7.60. The van der Waals surface area contributed by atoms with E-state index in [1.165, 1.54) is 4.90 Å². The Hall–Kier alpha value is -1.59. The summed E-state index contributed by atoms with van der Waals surface area (Å²) in [7, 11) is 0. The van der Waals surface area contributed by atoms with E-state index >= 15 is 0 Å². The summed E-state index contributed by atoms with van der Waals surface area (Å²) in [6.07, 6.45) is -0.567. The minimum atomic E-state index is -0.857. The second kappa shape index (κ2) is 5.48. The molecule has 6 nitrogen and oxygen atoms in total. The highest BCUT2D eigenvalue weighted by molar-refractivity contribution is 6.03. The molecule has 1 heterocycles. The molecule has 0 spiro atoms. The standard InChI is InChI=1S/C10H15NO5/c1-3-15-9(13)7-5-11(6-8(7)12)10(14)16-4-2/h7H,3-6H2,1-2H3. The van der Waals surface area contributed by atoms with Gasteiger partial charge in [-0.3, -0.25) is 14.5 Å². The van der Waals surface area contributed by atoms with Crippen LogP contribution in [0.15, 0.2) is 0 Å². The summed E-state index contributed by atoms with van der Waals surface area (Å²) < 4.78 is 9.49. The van der Waals surface area contributed by atoms with Gasteiger partial charge in [-0.25, -0.2) is 4.79 Å². The molecule has 0 aromatic carbocycles. The minimum Gasteiger partial charge on any atom is -0.465 e. The predicted octanol–water partition coefficient (Wildman–Crippen LogP) is 0.207. The molecule has 16 heavy (non-hydrogen) atoms. The van der Waals surface area contributed by atoms with Crippen LogP contribution in [-0.2, 0) is 19.1 Å². The van der Waals surface area contributed by atoms with E-state index < -0.39 is 18.0 Å². The second-order valence-electron chi connectivity index (χ2n) is 3.35. The van der Waals surface area contributed by atoms with E-state index in [9.17, 15) is 14.4 Å². The first-order valence-corrected chi connectivity index (χ1v) is 5.21. The largest absolute Gasteiger partial charge is 0.465 e. The van der Waals surface area contributed by atoms with Crippen LogP contribution in [0.25, 0.3) is 0 Å². The number of Topliss-reactive ketones (excluding diaryl/α,β-unsaturated/α-hetero) is 1. The number of esters is 1. The van der Waals surface area contributed by atoms with Crippen LogP contribution in [0.2, 0.25) is 0 Å². The van der Waals surface area contributed by atoms with Crippen molar-refractivity contribution < 1.29 is 23.9 Å². The zero-order chi connectivity index (χ0) is 12.1. The molecule has 0 bridgehead atoms. The third kappa shape index (κ3) is 2.71. The number of carbonyl (C=O) groups is 3. The van der Waals surface area contributed by atoms with Crippen molar-refractivity contribution in [2.75, 3.05) is 26.3 Å². The fourth-order valence-electron chi connectivity index (χ4n) is 1.49. The molecule has 1 atom stereocenters. The molecule has 1 unspecified atom stereocenters. The number of ether oxygens (including phenoxy) is 2. The summed E-state index contributed by atoms with van der Waals surface area (Å²) in [5.74, 6) is -1.73. The van der Waals surface area contributed by atoms with E-state index in [2.05, 4.69) is 0 Å². The van der Waals surface area contributed by atoms with E-state index in [-0.39, 0.29) is 32.1 Å². The van der Waals surface area contributed by atoms with E-state index in [1.807, 2.05) is 0 Å². The highest BCUT2D eigenvalue weighted by Crippen LogP contribution is 2.15. The average molecular weight is 229 g/mol. The monoisotopic (exact) mass is 229 g/mol. The Morgan fingerprint density at radius 1 is 1.31 bits per heavy atom. The molecule has 1 fully saturated rings. The van der Waals surface area contributed by atoms with Crippen molar-refractivity contribution in [2.45, 2.75) is 13.8 Å². The van der Waals surface area contributed by atoms with Crippen molar-refractivity contribution in [3.05, 3.63) is 0 Å². The lowest BCUT2D eigenvalue weighted by Gasteiger charge is -2.13. The first kappa shape index (κ1) is 12.5. The normalized spacial score (nSPS) is 19.8. The minimum absolute atomic E-state index is 0.0521. The van der Waals surface area contributed by atoms with Crippen molar-refractivity contribution in [3.63, 3.8) is 0 Å². The lowest BCUT2D eigenvalue weighted by Crippen LogP contribution is -2.30. The highest BCUT2D eigenvalue weighted by atomic mass is 16.6. The fourth-order valence-corrected chi connectivity index (χ4v) is 1.49. The molecule has 1 amide bonds. The summed E-state index contributed by atoms with van der Waals surface area (Å²) in [6.45, 7) is 3.79. The van der Waals surface area contributed by atoms with Gasteiger partial charge >= 0.3 is 12.1 Å². The van der Waals surface area contributed by atoms with Crippen LogP contribution in [0.4, 0.5) is 4.79 Å². The van der Waals surface area contributed by atoms with E-state index in [0.29, 0.717) is 0 Å². The van der Waals surface area contributed by atoms with Gasteiger partial charge in [0.25, 0.3) is 0 Å². The zero-order valence-electron chi connectivity index (χ0n) is 9.39. The quantitative estimate of drug-likeness (QED) is 0.511. The molecule has 0 aromatic heterocycles. The van der Waals surface area contributed by atoms with Gasteiger partial charge in [0.05, 0.1) is 19.8 Å². The molecule has 1 aliphatic heterocycles. The van der Waals surface area contributed by atoms with Gasteiger partial charge in [0, 0.05) is 6.54 Å². The van der Waals surface area contributed by atoms with Crippen LogP contribution in [0.1, 0.15) is 13.8 Å². The molecule has 6 heteroatoms. The topological polar surface area (TPSA) is 72.9 Å². The number of ketones is 1. The summed E-state index contributed by atoms with van der Waals surface area (Å²) in [5.41, 5.74) is 0. The summed E-state index contributed by atoms with van der Waals surface area (Å²) >= 11 is 0. The molecule has 1 rings (SSSR count). The Balaban J connectivity index is 2.56. The van der Waals surface area contributed by atoms with Crippen molar-refractivity contribution in [3.8, 4) is 0 Å². The number of carbonyl (C=O) groups excluding carboxylic acids is 3. The summed E-state index contributed by atoms with van der Waals surface area (Å²) in [4.78, 5) is 35.4. The Morgan fingerprint density at radius 3 is 2.50 bits per heavy atom. The van der Waals surface area contributed by atoms with Gasteiger partial charge in [-0.2, -0.15) is 0 Å². The maximum Gasteiger partial charge on any atom is 0.410 e. The highest BCUT2D eigenvalue weighted by Gasteiger charge is 2.39. The maximum absolute atomic E-state index is 11.5. The number of hydrogen-bond donors (Lipinski definition) is 0. The van der Waals surface area contributed by atoms with Gasteiger partial charge in [0.2, 0.25) is 0 Å². The molecule has 1 aliphatic rings. The number of rotatable bonds is 3. The van der Waals surface area contributed by atoms with E-state index in [1.54, 1.807) is 13.8 Å². The van der Waals surface area contributed by atoms with Crippen LogP contribution >= 0.6 is 0 Å². The van der Waals surface area contributed by atoms with Crippen molar-refractivity contribution >= 4 is 17.8 Å². The summed E-state index contributed by atoms with van der Waals surface area (Å²) in [6, 6.07) is 0. The van der Waals surface area contributed by atoms with Gasteiger partial charge in [-0.1, -0.05) is 0 Å². The molecule has 0 aliphatic carbocycles. The summed E-state index contributed by atoms with van der Waals surface area (Å²) in [5, 5.41) is 0. The third-order valence-electron chi connectivity index (χ3n) is 2.24. The van der Waals surface area contributed by atoms with Gasteiger partial charge in [-0.15, -0.1) is 0 Å². The van der Waals surface area contributed by atoms with Crippen LogP contribution < -0.4 is 0 Å². The third-order valence-corrected chi connectivity index (χ3v) is 2.24. The Kier molecular flexibility index (Phi) is 4.28. The van der Waals surface area contributed by atoms with Gasteiger partial charge in [0.15, 0.2) is 5.78 Å². The van der Waals surface area contributed by atoms with Crippen LogP contribution in [0, 0.1) is 5.92 Å². The van der Waals surface area contributed by atoms with E-state index in [4.69, 9.17) is 9.47 Å². The Morgan fingerprint density at radius 2 is 1.94 bits per heavy atom. The number of nitrogens with zero attached hydrogens (tertiary/aromatic N) is 1. The Labute approximate surface area is 93.5 Å². The molecule has 0 aromatic rings. The molecule has 0 saturated carbocycles. The lowest BCUT2D eigenvalue weighted by atomic mass is 10.1. The molecular weight excluding hydrogens is 214 g/mol. The number of hydrogen-bond acceptors (Lipinski definition) is 5. The maximum atomic E-state index is 11.5. The van der Waals surface area contributed by atoms with Crippen LogP contribution in [0.5, 0.6) is 0 Å². The molecule has 90 valence electrons. The molecule has 0 N–H and O–H groups in total. The van der Waals surface area contributed by atoms with Gasteiger partial charge < -0.3 is 9.47 Å². The van der Waals surface area contributed by atoms with Crippen molar-refractivity contribution in [1.82, 2.24) is 4.90 Å². The Bertz CT molecular complexity index is 302. The molecule has 0 radical (unpaired) electrons. The van der Waals surface area contributed by atoms with E-state index in [0.717, 1.165) is 0 Å². The number of amides is 1. The van der Waals surface area contributed by atoms with Gasteiger partial charge in [-0.05, 0) is 13.8 Å². The number of likely N-dealkylation sites (tertiary alicyclic amines) is 1.